The molecule has 1 amide bonds. The van der Waals surface area contributed by atoms with Crippen LogP contribution < -0.4 is 5.32 Å². The number of amides is 1. The van der Waals surface area contributed by atoms with Gasteiger partial charge in [-0.25, -0.2) is 9.48 Å². The number of aryl methyl sites for hydroxylation is 1. The number of hydrogen-bond acceptors (Lipinski definition) is 7. The van der Waals surface area contributed by atoms with Crippen LogP contribution in [0.1, 0.15) is 26.4 Å². The van der Waals surface area contributed by atoms with Gasteiger partial charge in [0.05, 0.1) is 18.4 Å². The monoisotopic (exact) mass is 383 g/mol. The van der Waals surface area contributed by atoms with Gasteiger partial charge in [-0.1, -0.05) is 12.1 Å². The quantitative estimate of drug-likeness (QED) is 0.537. The predicted octanol–water partition coefficient (Wildman–Crippen LogP) is 2.78. The number of carbonyl (C=O) groups excluding carboxylic acids is 2. The zero-order valence-corrected chi connectivity index (χ0v) is 15.8. The van der Waals surface area contributed by atoms with Crippen LogP contribution in [-0.2, 0) is 9.53 Å². The van der Waals surface area contributed by atoms with E-state index >= 15 is 0 Å². The molecule has 1 aromatic carbocycles. The molecule has 0 aliphatic rings. The van der Waals surface area contributed by atoms with Crippen molar-refractivity contribution in [2.45, 2.75) is 13.8 Å². The molecule has 138 valence electrons. The minimum absolute atomic E-state index is 0.339. The van der Waals surface area contributed by atoms with E-state index in [0.717, 1.165) is 21.7 Å². The second kappa shape index (κ2) is 7.92. The fraction of sp³-hybridized carbons (Fsp3) is 0.167. The average molecular weight is 383 g/mol. The van der Waals surface area contributed by atoms with Gasteiger partial charge in [-0.15, -0.1) is 16.4 Å². The van der Waals surface area contributed by atoms with E-state index < -0.39 is 5.97 Å². The highest BCUT2D eigenvalue weighted by Crippen LogP contribution is 2.32. The summed E-state index contributed by atoms with van der Waals surface area (Å²) in [5.74, 6) is -0.806. The molecule has 0 saturated heterocycles. The number of aromatic nitrogens is 4. The van der Waals surface area contributed by atoms with Gasteiger partial charge in [0.15, 0.2) is 0 Å². The first-order chi connectivity index (χ1) is 13.0. The van der Waals surface area contributed by atoms with Crippen LogP contribution in [0.3, 0.4) is 0 Å². The number of hydrogen-bond donors (Lipinski definition) is 1. The molecule has 0 aliphatic heterocycles. The smallest absolute Gasteiger partial charge is 0.341 e. The number of nitrogens with one attached hydrogen (secondary N) is 1. The van der Waals surface area contributed by atoms with Crippen molar-refractivity contribution in [3.05, 3.63) is 58.2 Å². The van der Waals surface area contributed by atoms with E-state index in [-0.39, 0.29) is 5.91 Å². The molecule has 0 aliphatic carbocycles. The molecule has 2 heterocycles. The summed E-state index contributed by atoms with van der Waals surface area (Å²) in [6, 6.07) is 7.40. The molecule has 0 saturated carbocycles. The highest BCUT2D eigenvalue weighted by molar-refractivity contribution is 7.16. The topological polar surface area (TPSA) is 99.0 Å². The third kappa shape index (κ3) is 4.09. The standard InChI is InChI=1S/C18H17N5O3S/c1-11-12(2)27-17(16(11)18(25)26-3)20-15(24)8-7-13-5-4-6-14(9-13)23-10-19-21-22-23/h4-10H,1-3H3,(H,20,24)/b8-7+. The van der Waals surface area contributed by atoms with Crippen molar-refractivity contribution >= 4 is 34.3 Å². The highest BCUT2D eigenvalue weighted by atomic mass is 32.1. The molecule has 0 radical (unpaired) electrons. The van der Waals surface area contributed by atoms with E-state index in [9.17, 15) is 9.59 Å². The van der Waals surface area contributed by atoms with E-state index in [2.05, 4.69) is 20.8 Å². The van der Waals surface area contributed by atoms with Crippen LogP contribution in [0, 0.1) is 13.8 Å². The Hall–Kier alpha value is -3.33. The molecular formula is C18H17N5O3S. The third-order valence-corrected chi connectivity index (χ3v) is 5.05. The van der Waals surface area contributed by atoms with Gasteiger partial charge < -0.3 is 10.1 Å². The fourth-order valence-corrected chi connectivity index (χ4v) is 3.49. The Kier molecular flexibility index (Phi) is 5.41. The maximum atomic E-state index is 12.3. The highest BCUT2D eigenvalue weighted by Gasteiger charge is 2.20. The molecule has 27 heavy (non-hydrogen) atoms. The number of thiophene rings is 1. The van der Waals surface area contributed by atoms with Crippen molar-refractivity contribution in [3.8, 4) is 5.69 Å². The lowest BCUT2D eigenvalue weighted by atomic mass is 10.1. The molecule has 0 fully saturated rings. The summed E-state index contributed by atoms with van der Waals surface area (Å²) in [6.45, 7) is 3.72. The van der Waals surface area contributed by atoms with Gasteiger partial charge in [0.25, 0.3) is 0 Å². The van der Waals surface area contributed by atoms with Gasteiger partial charge in [0.2, 0.25) is 5.91 Å². The number of nitrogens with zero attached hydrogens (tertiary/aromatic N) is 4. The van der Waals surface area contributed by atoms with Gasteiger partial charge in [-0.3, -0.25) is 4.79 Å². The Labute approximate surface area is 159 Å². The zero-order valence-electron chi connectivity index (χ0n) is 15.0. The van der Waals surface area contributed by atoms with Crippen molar-refractivity contribution in [2.24, 2.45) is 0 Å². The maximum Gasteiger partial charge on any atom is 0.341 e. The third-order valence-electron chi connectivity index (χ3n) is 3.92. The molecule has 3 aromatic rings. The van der Waals surface area contributed by atoms with Crippen LogP contribution in [0.5, 0.6) is 0 Å². The number of tetrazole rings is 1. The van der Waals surface area contributed by atoms with Crippen molar-refractivity contribution in [3.63, 3.8) is 0 Å². The Bertz CT molecular complexity index is 1010. The lowest BCUT2D eigenvalue weighted by Crippen LogP contribution is -2.11. The Morgan fingerprint density at radius 3 is 2.81 bits per heavy atom. The number of methoxy groups -OCH3 is 1. The van der Waals surface area contributed by atoms with E-state index in [0.29, 0.717) is 10.6 Å². The van der Waals surface area contributed by atoms with Gasteiger partial charge in [-0.05, 0) is 53.6 Å². The van der Waals surface area contributed by atoms with E-state index in [1.807, 2.05) is 38.1 Å². The summed E-state index contributed by atoms with van der Waals surface area (Å²) in [5.41, 5.74) is 2.78. The summed E-state index contributed by atoms with van der Waals surface area (Å²) >= 11 is 1.34. The second-order valence-electron chi connectivity index (χ2n) is 5.65. The molecule has 0 unspecified atom stereocenters. The van der Waals surface area contributed by atoms with E-state index in [4.69, 9.17) is 4.74 Å². The van der Waals surface area contributed by atoms with Gasteiger partial charge >= 0.3 is 5.97 Å². The molecule has 8 nitrogen and oxygen atoms in total. The van der Waals surface area contributed by atoms with Crippen LogP contribution >= 0.6 is 11.3 Å². The normalized spacial score (nSPS) is 10.9. The predicted molar refractivity (Wildman–Crippen MR) is 102 cm³/mol. The van der Waals surface area contributed by atoms with Crippen LogP contribution in [0.25, 0.3) is 11.8 Å². The van der Waals surface area contributed by atoms with Crippen molar-refractivity contribution in [1.29, 1.82) is 0 Å². The van der Waals surface area contributed by atoms with Crippen LogP contribution in [0.15, 0.2) is 36.7 Å². The zero-order chi connectivity index (χ0) is 19.4. The number of benzene rings is 1. The summed E-state index contributed by atoms with van der Waals surface area (Å²) in [6.07, 6.45) is 4.57. The summed E-state index contributed by atoms with van der Waals surface area (Å²) < 4.78 is 6.34. The Morgan fingerprint density at radius 2 is 2.11 bits per heavy atom. The SMILES string of the molecule is COC(=O)c1c(NC(=O)/C=C/c2cccc(-n3cnnn3)c2)sc(C)c1C. The lowest BCUT2D eigenvalue weighted by molar-refractivity contribution is -0.111. The molecule has 0 bridgehead atoms. The summed E-state index contributed by atoms with van der Waals surface area (Å²) in [4.78, 5) is 25.2. The molecule has 9 heteroatoms. The van der Waals surface area contributed by atoms with E-state index in [1.165, 1.54) is 35.5 Å². The number of carbonyl (C=O) groups is 2. The van der Waals surface area contributed by atoms with Crippen molar-refractivity contribution < 1.29 is 14.3 Å². The largest absolute Gasteiger partial charge is 0.465 e. The number of ether oxygens (including phenoxy) is 1. The van der Waals surface area contributed by atoms with Crippen molar-refractivity contribution in [1.82, 2.24) is 20.2 Å². The molecule has 0 atom stereocenters. The van der Waals surface area contributed by atoms with Crippen molar-refractivity contribution in [2.75, 3.05) is 12.4 Å². The van der Waals surface area contributed by atoms with Gasteiger partial charge in [-0.2, -0.15) is 0 Å². The first-order valence-corrected chi connectivity index (χ1v) is 8.82. The van der Waals surface area contributed by atoms with Crippen LogP contribution in [0.4, 0.5) is 5.00 Å². The van der Waals surface area contributed by atoms with Gasteiger partial charge in [0.1, 0.15) is 11.3 Å². The van der Waals surface area contributed by atoms with Gasteiger partial charge in [0, 0.05) is 11.0 Å². The summed E-state index contributed by atoms with van der Waals surface area (Å²) in [7, 11) is 1.32. The molecule has 3 rings (SSSR count). The minimum Gasteiger partial charge on any atom is -0.465 e. The fourth-order valence-electron chi connectivity index (χ4n) is 2.44. The molecular weight excluding hydrogens is 366 g/mol. The maximum absolute atomic E-state index is 12.3. The molecule has 0 spiro atoms. The Balaban J connectivity index is 1.76. The Morgan fingerprint density at radius 1 is 1.30 bits per heavy atom. The number of esters is 1. The summed E-state index contributed by atoms with van der Waals surface area (Å²) in [5, 5.41) is 14.3. The minimum atomic E-state index is -0.467. The number of anilines is 1. The second-order valence-corrected chi connectivity index (χ2v) is 6.88. The first kappa shape index (κ1) is 18.5. The van der Waals surface area contributed by atoms with Crippen LogP contribution in [-0.4, -0.2) is 39.2 Å². The first-order valence-electron chi connectivity index (χ1n) is 8.00. The molecule has 1 N–H and O–H groups in total. The average Bonchev–Trinajstić information content (AvgIpc) is 3.29. The lowest BCUT2D eigenvalue weighted by Gasteiger charge is -2.04. The van der Waals surface area contributed by atoms with Crippen LogP contribution in [0.2, 0.25) is 0 Å². The number of rotatable bonds is 5. The molecule has 2 aromatic heterocycles. The van der Waals surface area contributed by atoms with E-state index in [1.54, 1.807) is 6.08 Å².